The van der Waals surface area contributed by atoms with Crippen LogP contribution in [-0.2, 0) is 4.79 Å². The highest BCUT2D eigenvalue weighted by Crippen LogP contribution is 2.23. The smallest absolute Gasteiger partial charge is 0.251 e. The molecule has 1 fully saturated rings. The van der Waals surface area contributed by atoms with E-state index in [0.29, 0.717) is 11.5 Å². The fraction of sp³-hybridized carbons (Fsp3) is 0.500. The van der Waals surface area contributed by atoms with Crippen molar-refractivity contribution < 1.29 is 14.0 Å². The first-order valence-electron chi connectivity index (χ1n) is 7.39. The maximum absolute atomic E-state index is 12.8. The number of carbonyl (C=O) groups is 2. The third-order valence-electron chi connectivity index (χ3n) is 3.97. The van der Waals surface area contributed by atoms with Crippen molar-refractivity contribution in [3.63, 3.8) is 0 Å². The molecule has 1 aromatic carbocycles. The second-order valence-electron chi connectivity index (χ2n) is 5.63. The van der Waals surface area contributed by atoms with Crippen molar-refractivity contribution in [3.05, 3.63) is 35.6 Å². The van der Waals surface area contributed by atoms with E-state index in [-0.39, 0.29) is 24.4 Å². The molecule has 2 rings (SSSR count). The Labute approximate surface area is 124 Å². The number of carbonyl (C=O) groups excluding carboxylic acids is 2. The number of benzene rings is 1. The van der Waals surface area contributed by atoms with Gasteiger partial charge in [0, 0.05) is 11.6 Å². The van der Waals surface area contributed by atoms with E-state index in [1.165, 1.54) is 30.7 Å². The highest BCUT2D eigenvalue weighted by Gasteiger charge is 2.22. The Hall–Kier alpha value is -1.91. The maximum atomic E-state index is 12.8. The summed E-state index contributed by atoms with van der Waals surface area (Å²) in [5.41, 5.74) is 0.343. The number of nitrogens with one attached hydrogen (secondary N) is 2. The standard InChI is InChI=1S/C16H21FN2O2/c1-11-4-2-3-5-14(11)19-15(20)10-18-16(21)12-6-8-13(17)9-7-12/h6-9,11,14H,2-5,10H2,1H3,(H,18,21)(H,19,20)/t11-,14-/m0/s1. The van der Waals surface area contributed by atoms with Crippen LogP contribution in [0.25, 0.3) is 0 Å². The first-order valence-corrected chi connectivity index (χ1v) is 7.39. The van der Waals surface area contributed by atoms with E-state index < -0.39 is 5.82 Å². The predicted molar refractivity (Wildman–Crippen MR) is 78.3 cm³/mol. The molecule has 0 bridgehead atoms. The van der Waals surface area contributed by atoms with Gasteiger partial charge in [-0.15, -0.1) is 0 Å². The summed E-state index contributed by atoms with van der Waals surface area (Å²) in [6, 6.07) is 5.43. The van der Waals surface area contributed by atoms with Crippen LogP contribution in [0.15, 0.2) is 24.3 Å². The Morgan fingerprint density at radius 3 is 2.52 bits per heavy atom. The van der Waals surface area contributed by atoms with Crippen molar-refractivity contribution in [3.8, 4) is 0 Å². The monoisotopic (exact) mass is 292 g/mol. The molecule has 0 unspecified atom stereocenters. The Balaban J connectivity index is 1.78. The molecule has 0 aliphatic heterocycles. The molecule has 1 aliphatic rings. The summed E-state index contributed by atoms with van der Waals surface area (Å²) in [5.74, 6) is -0.461. The van der Waals surface area contributed by atoms with Crippen molar-refractivity contribution in [2.24, 2.45) is 5.92 Å². The van der Waals surface area contributed by atoms with Gasteiger partial charge in [-0.2, -0.15) is 0 Å². The van der Waals surface area contributed by atoms with E-state index >= 15 is 0 Å². The van der Waals surface area contributed by atoms with Gasteiger partial charge in [-0.05, 0) is 43.0 Å². The molecule has 0 heterocycles. The molecule has 0 aromatic heterocycles. The summed E-state index contributed by atoms with van der Waals surface area (Å²) >= 11 is 0. The van der Waals surface area contributed by atoms with Gasteiger partial charge in [0.2, 0.25) is 5.91 Å². The highest BCUT2D eigenvalue weighted by atomic mass is 19.1. The number of hydrogen-bond acceptors (Lipinski definition) is 2. The summed E-state index contributed by atoms with van der Waals surface area (Å²) in [5, 5.41) is 5.52. The zero-order valence-corrected chi connectivity index (χ0v) is 12.2. The Morgan fingerprint density at radius 2 is 1.86 bits per heavy atom. The normalized spacial score (nSPS) is 21.6. The fourth-order valence-electron chi connectivity index (χ4n) is 2.65. The molecule has 2 atom stereocenters. The first-order chi connectivity index (χ1) is 10.1. The molecule has 1 aliphatic carbocycles. The van der Waals surface area contributed by atoms with Gasteiger partial charge in [-0.1, -0.05) is 19.8 Å². The molecule has 0 radical (unpaired) electrons. The van der Waals surface area contributed by atoms with Gasteiger partial charge in [-0.3, -0.25) is 9.59 Å². The van der Waals surface area contributed by atoms with Gasteiger partial charge in [-0.25, -0.2) is 4.39 Å². The van der Waals surface area contributed by atoms with Gasteiger partial charge in [0.05, 0.1) is 6.54 Å². The van der Waals surface area contributed by atoms with Crippen LogP contribution >= 0.6 is 0 Å². The van der Waals surface area contributed by atoms with Crippen molar-refractivity contribution in [1.29, 1.82) is 0 Å². The number of halogens is 1. The number of hydrogen-bond donors (Lipinski definition) is 2. The minimum Gasteiger partial charge on any atom is -0.352 e. The van der Waals surface area contributed by atoms with E-state index in [9.17, 15) is 14.0 Å². The van der Waals surface area contributed by atoms with Gasteiger partial charge < -0.3 is 10.6 Å². The van der Waals surface area contributed by atoms with Crippen molar-refractivity contribution >= 4 is 11.8 Å². The zero-order chi connectivity index (χ0) is 15.2. The van der Waals surface area contributed by atoms with Crippen molar-refractivity contribution in [2.75, 3.05) is 6.54 Å². The van der Waals surface area contributed by atoms with Crippen LogP contribution in [0, 0.1) is 11.7 Å². The van der Waals surface area contributed by atoms with E-state index in [1.807, 2.05) is 0 Å². The summed E-state index contributed by atoms with van der Waals surface area (Å²) < 4.78 is 12.8. The van der Waals surface area contributed by atoms with Crippen LogP contribution in [-0.4, -0.2) is 24.4 Å². The summed E-state index contributed by atoms with van der Waals surface area (Å²) in [6.45, 7) is 2.08. The van der Waals surface area contributed by atoms with Crippen LogP contribution in [0.5, 0.6) is 0 Å². The number of amides is 2. The quantitative estimate of drug-likeness (QED) is 0.894. The maximum Gasteiger partial charge on any atom is 0.251 e. The highest BCUT2D eigenvalue weighted by molar-refractivity contribution is 5.96. The molecule has 21 heavy (non-hydrogen) atoms. The molecule has 0 spiro atoms. The second kappa shape index (κ2) is 7.20. The fourth-order valence-corrected chi connectivity index (χ4v) is 2.65. The minimum atomic E-state index is -0.393. The molecule has 0 saturated heterocycles. The van der Waals surface area contributed by atoms with Gasteiger partial charge >= 0.3 is 0 Å². The lowest BCUT2D eigenvalue weighted by molar-refractivity contribution is -0.121. The number of rotatable bonds is 4. The lowest BCUT2D eigenvalue weighted by atomic mass is 9.86. The van der Waals surface area contributed by atoms with E-state index in [4.69, 9.17) is 0 Å². The van der Waals surface area contributed by atoms with Crippen LogP contribution < -0.4 is 10.6 Å². The summed E-state index contributed by atoms with van der Waals surface area (Å²) in [7, 11) is 0. The lowest BCUT2D eigenvalue weighted by Crippen LogP contribution is -2.45. The van der Waals surface area contributed by atoms with Gasteiger partial charge in [0.1, 0.15) is 5.82 Å². The predicted octanol–water partition coefficient (Wildman–Crippen LogP) is 2.25. The Bertz CT molecular complexity index is 502. The van der Waals surface area contributed by atoms with Crippen LogP contribution in [0.1, 0.15) is 43.0 Å². The van der Waals surface area contributed by atoms with Crippen LogP contribution in [0.3, 0.4) is 0 Å². The van der Waals surface area contributed by atoms with E-state index in [1.54, 1.807) is 0 Å². The van der Waals surface area contributed by atoms with E-state index in [0.717, 1.165) is 19.3 Å². The SMILES string of the molecule is C[C@H]1CCCC[C@@H]1NC(=O)CNC(=O)c1ccc(F)cc1. The third-order valence-corrected chi connectivity index (χ3v) is 3.97. The molecular formula is C16H21FN2O2. The first kappa shape index (κ1) is 15.5. The van der Waals surface area contributed by atoms with Gasteiger partial charge in [0.25, 0.3) is 5.91 Å². The summed E-state index contributed by atoms with van der Waals surface area (Å²) in [6.07, 6.45) is 4.48. The largest absolute Gasteiger partial charge is 0.352 e. The average molecular weight is 292 g/mol. The molecule has 1 saturated carbocycles. The topological polar surface area (TPSA) is 58.2 Å². The van der Waals surface area contributed by atoms with Crippen molar-refractivity contribution in [2.45, 2.75) is 38.6 Å². The third kappa shape index (κ3) is 4.55. The van der Waals surface area contributed by atoms with Crippen molar-refractivity contribution in [1.82, 2.24) is 10.6 Å². The van der Waals surface area contributed by atoms with E-state index in [2.05, 4.69) is 17.6 Å². The molecule has 4 nitrogen and oxygen atoms in total. The summed E-state index contributed by atoms with van der Waals surface area (Å²) in [4.78, 5) is 23.7. The van der Waals surface area contributed by atoms with Gasteiger partial charge in [0.15, 0.2) is 0 Å². The average Bonchev–Trinajstić information content (AvgIpc) is 2.48. The van der Waals surface area contributed by atoms with Crippen LogP contribution in [0.4, 0.5) is 4.39 Å². The minimum absolute atomic E-state index is 0.0561. The molecule has 2 amide bonds. The second-order valence-corrected chi connectivity index (χ2v) is 5.63. The Kier molecular flexibility index (Phi) is 5.31. The molecule has 1 aromatic rings. The molecule has 2 N–H and O–H groups in total. The zero-order valence-electron chi connectivity index (χ0n) is 12.2. The Morgan fingerprint density at radius 1 is 1.19 bits per heavy atom. The molecule has 114 valence electrons. The lowest BCUT2D eigenvalue weighted by Gasteiger charge is -2.29. The van der Waals surface area contributed by atoms with Crippen LogP contribution in [0.2, 0.25) is 0 Å². The molecular weight excluding hydrogens is 271 g/mol. The molecule has 5 heteroatoms.